The molecule has 2 aliphatic rings. The first-order valence-corrected chi connectivity index (χ1v) is 35.0. The topological polar surface area (TPSA) is 117 Å². The Hall–Kier alpha value is -5.14. The van der Waals surface area contributed by atoms with Crippen molar-refractivity contribution in [3.63, 3.8) is 0 Å². The lowest BCUT2D eigenvalue weighted by atomic mass is 9.84. The summed E-state index contributed by atoms with van der Waals surface area (Å²) >= 11 is 3.53. The van der Waals surface area contributed by atoms with Gasteiger partial charge in [0.25, 0.3) is 0 Å². The Balaban J connectivity index is 1.44. The maximum absolute atomic E-state index is 14.2. The minimum absolute atomic E-state index is 0.145. The van der Waals surface area contributed by atoms with Gasteiger partial charge in [-0.1, -0.05) is 187 Å². The average Bonchev–Trinajstić information content (AvgIpc) is 1.74. The Kier molecular flexibility index (Phi) is 27.9. The molecule has 6 rings (SSSR count). The zero-order valence-electron chi connectivity index (χ0n) is 56.1. The summed E-state index contributed by atoms with van der Waals surface area (Å²) in [5.41, 5.74) is 1.91. The number of thiophene rings is 2. The predicted molar refractivity (Wildman–Crippen MR) is 360 cm³/mol. The molecular formula is C74H110O11S2. The second kappa shape index (κ2) is 34.2. The molecule has 0 saturated carbocycles. The number of ether oxygens (including phenoxy) is 9. The number of hydrogen-bond acceptors (Lipinski definition) is 13. The molecule has 0 bridgehead atoms. The van der Waals surface area contributed by atoms with Crippen molar-refractivity contribution in [3.8, 4) is 38.5 Å². The quantitative estimate of drug-likeness (QED) is 0.0317. The number of fused-ring (bicyclic) bond motifs is 2. The molecule has 4 heterocycles. The Morgan fingerprint density at radius 1 is 0.506 bits per heavy atom. The molecule has 11 nitrogen and oxygen atoms in total. The molecule has 0 N–H and O–H groups in total. The molecule has 0 amide bonds. The van der Waals surface area contributed by atoms with E-state index in [-0.39, 0.29) is 42.5 Å². The second-order valence-electron chi connectivity index (χ2n) is 26.9. The molecule has 13 heteroatoms. The summed E-state index contributed by atoms with van der Waals surface area (Å²) in [5.74, 6) is 4.86. The van der Waals surface area contributed by atoms with E-state index in [4.69, 9.17) is 42.6 Å². The van der Waals surface area contributed by atoms with Crippen molar-refractivity contribution in [3.05, 3.63) is 87.1 Å². The molecule has 4 aromatic rings. The zero-order valence-corrected chi connectivity index (χ0v) is 57.7. The van der Waals surface area contributed by atoms with E-state index in [1.807, 2.05) is 24.3 Å². The van der Waals surface area contributed by atoms with Crippen molar-refractivity contribution in [2.24, 2.45) is 29.1 Å². The molecule has 2 aromatic carbocycles. The van der Waals surface area contributed by atoms with Gasteiger partial charge in [-0.15, -0.1) is 22.7 Å². The number of rotatable bonds is 37. The van der Waals surface area contributed by atoms with Crippen LogP contribution in [0.5, 0.6) is 28.7 Å². The van der Waals surface area contributed by atoms with Crippen LogP contribution in [0.2, 0.25) is 0 Å². The summed E-state index contributed by atoms with van der Waals surface area (Å²) in [7, 11) is 0. The first-order valence-electron chi connectivity index (χ1n) is 33.4. The van der Waals surface area contributed by atoms with Crippen molar-refractivity contribution >= 4 is 46.1 Å². The van der Waals surface area contributed by atoms with Crippen LogP contribution in [0.25, 0.3) is 21.3 Å². The highest BCUT2D eigenvalue weighted by Gasteiger charge is 2.42. The number of unbranched alkanes of at least 4 members (excludes halogenated alkanes) is 4. The van der Waals surface area contributed by atoms with Gasteiger partial charge in [0, 0.05) is 22.1 Å². The Labute approximate surface area is 533 Å². The SMILES string of the molecule is C=C(OCC(CC)CCCC)c1cc(OCC2(COc3cc(C(=C)OCC(CC)CCCC)cc(C(=O)OCC(CC)CCCC)c3)CCc3c(-c4sc(C(C)(C)C)c5c4OCCO5)sc(C(C)(C)C)c3OC2)cc(C(=O)OCC(CC)CCCC)c1. The summed E-state index contributed by atoms with van der Waals surface area (Å²) in [6.07, 6.45) is 18.0. The largest absolute Gasteiger partial charge is 0.493 e. The number of carbonyl (C=O) groups excluding carboxylic acids is 2. The van der Waals surface area contributed by atoms with Crippen LogP contribution in [0.15, 0.2) is 49.6 Å². The zero-order chi connectivity index (χ0) is 63.3. The lowest BCUT2D eigenvalue weighted by Crippen LogP contribution is -2.40. The van der Waals surface area contributed by atoms with Gasteiger partial charge in [-0.3, -0.25) is 0 Å². The molecule has 0 radical (unpaired) electrons. The summed E-state index contributed by atoms with van der Waals surface area (Å²) in [5, 5.41) is 0. The monoisotopic (exact) mass is 1240 g/mol. The Bertz CT molecular complexity index is 2610. The lowest BCUT2D eigenvalue weighted by Gasteiger charge is -2.32. The van der Waals surface area contributed by atoms with Gasteiger partial charge >= 0.3 is 11.9 Å². The van der Waals surface area contributed by atoms with E-state index >= 15 is 0 Å². The van der Waals surface area contributed by atoms with Gasteiger partial charge in [-0.2, -0.15) is 0 Å². The number of carbonyl (C=O) groups is 2. The lowest BCUT2D eigenvalue weighted by molar-refractivity contribution is 0.0304. The first kappa shape index (κ1) is 70.9. The normalized spacial score (nSPS) is 16.3. The van der Waals surface area contributed by atoms with Gasteiger partial charge in [0.2, 0.25) is 0 Å². The maximum Gasteiger partial charge on any atom is 0.338 e. The van der Waals surface area contributed by atoms with Crippen molar-refractivity contribution in [2.75, 3.05) is 59.5 Å². The standard InChI is InChI=1S/C74H110O11S2/c1-17-25-29-52(21-5)43-79-50(9)56-37-58(70(75)81-45-54(23-7)31-27-19-3)41-60(39-56)83-47-74(34-33-62-63(85-49-74)68(72(11,12)13)86-66(62)67-64-65(78-36-35-77-64)69(87-67)73(14,15)16)48-84-61-40-57(51(10)80-44-53(22-6)30-26-18-2)38-59(42-61)71(76)82-46-55(24-8)32-28-20-4/h37-42,52-55H,9-10,17-36,43-49H2,1-8,11-16H3. The van der Waals surface area contributed by atoms with Crippen LogP contribution in [0.3, 0.4) is 0 Å². The van der Waals surface area contributed by atoms with E-state index < -0.39 is 17.4 Å². The minimum atomic E-state index is -0.801. The van der Waals surface area contributed by atoms with E-state index in [2.05, 4.69) is 110 Å². The highest BCUT2D eigenvalue weighted by molar-refractivity contribution is 7.23. The van der Waals surface area contributed by atoms with E-state index in [0.29, 0.717) is 110 Å². The van der Waals surface area contributed by atoms with Crippen LogP contribution in [-0.4, -0.2) is 71.4 Å². The number of hydrogen-bond donors (Lipinski definition) is 0. The Morgan fingerprint density at radius 3 is 1.29 bits per heavy atom. The average molecular weight is 1240 g/mol. The van der Waals surface area contributed by atoms with Crippen molar-refractivity contribution in [1.82, 2.24) is 0 Å². The highest BCUT2D eigenvalue weighted by atomic mass is 32.1. The van der Waals surface area contributed by atoms with Crippen LogP contribution in [-0.2, 0) is 36.2 Å². The van der Waals surface area contributed by atoms with Crippen LogP contribution >= 0.6 is 22.7 Å². The number of benzene rings is 2. The van der Waals surface area contributed by atoms with Crippen LogP contribution < -0.4 is 23.7 Å². The Morgan fingerprint density at radius 2 is 0.885 bits per heavy atom. The highest BCUT2D eigenvalue weighted by Crippen LogP contribution is 2.59. The molecule has 0 fully saturated rings. The molecule has 87 heavy (non-hydrogen) atoms. The third kappa shape index (κ3) is 20.2. The van der Waals surface area contributed by atoms with Crippen LogP contribution in [0, 0.1) is 29.1 Å². The molecule has 2 aliphatic heterocycles. The summed E-state index contributed by atoms with van der Waals surface area (Å²) in [4.78, 5) is 33.0. The fourth-order valence-corrected chi connectivity index (χ4v) is 14.0. The number of esters is 2. The molecule has 484 valence electrons. The third-order valence-electron chi connectivity index (χ3n) is 17.4. The van der Waals surface area contributed by atoms with Gasteiger partial charge in [0.15, 0.2) is 11.5 Å². The van der Waals surface area contributed by atoms with Crippen molar-refractivity contribution < 1.29 is 52.2 Å². The van der Waals surface area contributed by atoms with Crippen LogP contribution in [0.1, 0.15) is 253 Å². The molecule has 4 atom stereocenters. The summed E-state index contributed by atoms with van der Waals surface area (Å²) in [6.45, 7) is 42.9. The van der Waals surface area contributed by atoms with Gasteiger partial charge in [-0.05, 0) is 104 Å². The molecule has 4 unspecified atom stereocenters. The maximum atomic E-state index is 14.2. The summed E-state index contributed by atoms with van der Waals surface area (Å²) < 4.78 is 59.5. The molecule has 2 aromatic heterocycles. The third-order valence-corrected chi connectivity index (χ3v) is 20.8. The van der Waals surface area contributed by atoms with Gasteiger partial charge < -0.3 is 42.6 Å². The smallest absolute Gasteiger partial charge is 0.338 e. The van der Waals surface area contributed by atoms with Gasteiger partial charge in [-0.25, -0.2) is 9.59 Å². The van der Waals surface area contributed by atoms with E-state index in [1.165, 1.54) is 0 Å². The van der Waals surface area contributed by atoms with E-state index in [9.17, 15) is 9.59 Å². The van der Waals surface area contributed by atoms with Crippen molar-refractivity contribution in [1.29, 1.82) is 0 Å². The fraction of sp³-hybridized carbons (Fsp3) is 0.649. The summed E-state index contributed by atoms with van der Waals surface area (Å²) in [6, 6.07) is 11.0. The second-order valence-corrected chi connectivity index (χ2v) is 28.9. The van der Waals surface area contributed by atoms with E-state index in [0.717, 1.165) is 145 Å². The van der Waals surface area contributed by atoms with Gasteiger partial charge in [0.1, 0.15) is 61.8 Å². The minimum Gasteiger partial charge on any atom is -0.493 e. The van der Waals surface area contributed by atoms with E-state index in [1.54, 1.807) is 34.8 Å². The van der Waals surface area contributed by atoms with Crippen molar-refractivity contribution in [2.45, 2.75) is 223 Å². The van der Waals surface area contributed by atoms with Gasteiger partial charge in [0.05, 0.1) is 62.5 Å². The van der Waals surface area contributed by atoms with Crippen LogP contribution in [0.4, 0.5) is 0 Å². The predicted octanol–water partition coefficient (Wildman–Crippen LogP) is 20.5. The first-order chi connectivity index (χ1) is 41.6. The molecule has 0 spiro atoms. The molecule has 0 aliphatic carbocycles. The fourth-order valence-electron chi connectivity index (χ4n) is 11.2. The molecule has 0 saturated heterocycles. The molecular weight excluding hydrogens is 1130 g/mol.